The van der Waals surface area contributed by atoms with Gasteiger partial charge in [0.1, 0.15) is 6.54 Å². The van der Waals surface area contributed by atoms with Gasteiger partial charge in [0.2, 0.25) is 11.7 Å². The van der Waals surface area contributed by atoms with Crippen molar-refractivity contribution in [3.63, 3.8) is 0 Å². The van der Waals surface area contributed by atoms with E-state index in [1.807, 2.05) is 22.9 Å². The molecular weight excluding hydrogens is 380 g/mol. The van der Waals surface area contributed by atoms with Crippen LogP contribution in [-0.2, 0) is 20.7 Å². The molecule has 0 aliphatic carbocycles. The van der Waals surface area contributed by atoms with E-state index in [4.69, 9.17) is 14.5 Å². The minimum Gasteiger partial charge on any atom is -0.456 e. The van der Waals surface area contributed by atoms with Gasteiger partial charge >= 0.3 is 5.97 Å². The predicted molar refractivity (Wildman–Crippen MR) is 101 cm³/mol. The van der Waals surface area contributed by atoms with Crippen molar-refractivity contribution < 1.29 is 18.8 Å². The monoisotopic (exact) mass is 396 g/mol. The summed E-state index contributed by atoms with van der Waals surface area (Å²) in [5, 5.41) is 16.6. The van der Waals surface area contributed by atoms with Crippen molar-refractivity contribution in [2.24, 2.45) is 0 Å². The Hall–Kier alpha value is -3.51. The highest BCUT2D eigenvalue weighted by Crippen LogP contribution is 2.19. The summed E-state index contributed by atoms with van der Waals surface area (Å²) in [4.78, 5) is 29.7. The summed E-state index contributed by atoms with van der Waals surface area (Å²) in [6.07, 6.45) is 0.215. The van der Waals surface area contributed by atoms with E-state index in [2.05, 4.69) is 10.1 Å². The molecule has 0 bridgehead atoms. The number of ether oxygens (including phenoxy) is 1. The number of amides is 1. The number of carbonyl (C=O) groups is 2. The van der Waals surface area contributed by atoms with E-state index in [9.17, 15) is 9.59 Å². The van der Waals surface area contributed by atoms with Gasteiger partial charge in [0.25, 0.3) is 5.91 Å². The molecule has 0 atom stereocenters. The molecule has 0 aliphatic rings. The number of nitrogens with zero attached hydrogens (tertiary/aromatic N) is 4. The summed E-state index contributed by atoms with van der Waals surface area (Å²) in [6.45, 7) is -0.576. The molecule has 2 aromatic heterocycles. The van der Waals surface area contributed by atoms with Gasteiger partial charge in [-0.1, -0.05) is 23.4 Å². The molecule has 0 spiro atoms. The molecule has 142 valence electrons. The van der Waals surface area contributed by atoms with E-state index in [-0.39, 0.29) is 19.4 Å². The number of hydrogen-bond acceptors (Lipinski definition) is 8. The number of esters is 1. The number of hydrogen-bond donors (Lipinski definition) is 0. The molecule has 0 unspecified atom stereocenters. The third kappa shape index (κ3) is 5.02. The van der Waals surface area contributed by atoms with Gasteiger partial charge in [-0.25, -0.2) is 0 Å². The molecule has 1 aromatic carbocycles. The van der Waals surface area contributed by atoms with Crippen LogP contribution in [0.2, 0.25) is 0 Å². The van der Waals surface area contributed by atoms with Crippen LogP contribution < -0.4 is 4.90 Å². The van der Waals surface area contributed by atoms with Gasteiger partial charge < -0.3 is 9.26 Å². The molecule has 1 amide bonds. The predicted octanol–water partition coefficient (Wildman–Crippen LogP) is 2.83. The molecule has 0 aliphatic heterocycles. The maximum atomic E-state index is 12.3. The van der Waals surface area contributed by atoms with Crippen molar-refractivity contribution in [3.8, 4) is 17.5 Å². The third-order valence-electron chi connectivity index (χ3n) is 3.74. The smallest absolute Gasteiger partial charge is 0.306 e. The van der Waals surface area contributed by atoms with Crippen LogP contribution in [0, 0.1) is 11.3 Å². The van der Waals surface area contributed by atoms with Crippen LogP contribution in [0.1, 0.15) is 12.3 Å². The fraction of sp³-hybridized carbons (Fsp3) is 0.211. The molecule has 0 saturated heterocycles. The Kier molecular flexibility index (Phi) is 6.49. The first-order valence-corrected chi connectivity index (χ1v) is 9.35. The largest absolute Gasteiger partial charge is 0.456 e. The average molecular weight is 396 g/mol. The fourth-order valence-electron chi connectivity index (χ4n) is 2.37. The highest BCUT2D eigenvalue weighted by molar-refractivity contribution is 7.08. The van der Waals surface area contributed by atoms with Crippen LogP contribution in [0.4, 0.5) is 5.69 Å². The van der Waals surface area contributed by atoms with Crippen LogP contribution in [0.5, 0.6) is 0 Å². The summed E-state index contributed by atoms with van der Waals surface area (Å²) < 4.78 is 10.1. The minimum absolute atomic E-state index is 0.00212. The molecular formula is C19H16N4O4S. The maximum absolute atomic E-state index is 12.3. The highest BCUT2D eigenvalue weighted by atomic mass is 32.1. The van der Waals surface area contributed by atoms with Gasteiger partial charge in [0.05, 0.1) is 12.5 Å². The highest BCUT2D eigenvalue weighted by Gasteiger charge is 2.18. The van der Waals surface area contributed by atoms with Crippen LogP contribution in [0.25, 0.3) is 11.4 Å². The van der Waals surface area contributed by atoms with E-state index < -0.39 is 18.5 Å². The Morgan fingerprint density at radius 1 is 1.25 bits per heavy atom. The zero-order chi connectivity index (χ0) is 19.8. The number of carbonyl (C=O) groups excluding carboxylic acids is 2. The quantitative estimate of drug-likeness (QED) is 0.425. The summed E-state index contributed by atoms with van der Waals surface area (Å²) in [5.74, 6) is -0.248. The van der Waals surface area contributed by atoms with Gasteiger partial charge in [-0.3, -0.25) is 14.5 Å². The number of thiophene rings is 1. The lowest BCUT2D eigenvalue weighted by Crippen LogP contribution is -2.35. The summed E-state index contributed by atoms with van der Waals surface area (Å²) in [6, 6.07) is 12.5. The van der Waals surface area contributed by atoms with E-state index in [0.717, 1.165) is 5.56 Å². The first kappa shape index (κ1) is 19.3. The Morgan fingerprint density at radius 3 is 2.79 bits per heavy atom. The van der Waals surface area contributed by atoms with Gasteiger partial charge in [-0.05, 0) is 23.6 Å². The second-order valence-corrected chi connectivity index (χ2v) is 6.44. The van der Waals surface area contributed by atoms with Crippen molar-refractivity contribution in [3.05, 3.63) is 53.0 Å². The molecule has 0 fully saturated rings. The van der Waals surface area contributed by atoms with E-state index in [0.29, 0.717) is 17.4 Å². The van der Waals surface area contributed by atoms with Gasteiger partial charge in [0.15, 0.2) is 6.61 Å². The number of para-hydroxylation sites is 1. The zero-order valence-corrected chi connectivity index (χ0v) is 15.6. The molecule has 8 nitrogen and oxygen atoms in total. The molecule has 0 N–H and O–H groups in total. The number of anilines is 1. The Bertz CT molecular complexity index is 963. The molecule has 0 radical (unpaired) electrons. The molecule has 0 saturated carbocycles. The molecule has 2 heterocycles. The SMILES string of the molecule is N#CCN(C(=O)COC(=O)CCc1nc(-c2ccsc2)no1)c1ccccc1. The van der Waals surface area contributed by atoms with E-state index in [1.165, 1.54) is 16.2 Å². The van der Waals surface area contributed by atoms with E-state index in [1.54, 1.807) is 30.3 Å². The van der Waals surface area contributed by atoms with E-state index >= 15 is 0 Å². The van der Waals surface area contributed by atoms with Gasteiger partial charge in [0, 0.05) is 23.1 Å². The number of aryl methyl sites for hydroxylation is 1. The van der Waals surface area contributed by atoms with Crippen LogP contribution in [0.3, 0.4) is 0 Å². The Balaban J connectivity index is 1.48. The summed E-state index contributed by atoms with van der Waals surface area (Å²) in [5.41, 5.74) is 1.42. The van der Waals surface area contributed by atoms with Crippen LogP contribution in [-0.4, -0.2) is 35.2 Å². The van der Waals surface area contributed by atoms with Crippen LogP contribution in [0.15, 0.2) is 51.7 Å². The summed E-state index contributed by atoms with van der Waals surface area (Å²) >= 11 is 1.52. The van der Waals surface area contributed by atoms with Crippen molar-refractivity contribution in [1.29, 1.82) is 5.26 Å². The van der Waals surface area contributed by atoms with Crippen molar-refractivity contribution in [2.45, 2.75) is 12.8 Å². The van der Waals surface area contributed by atoms with Crippen molar-refractivity contribution in [1.82, 2.24) is 10.1 Å². The topological polar surface area (TPSA) is 109 Å². The minimum atomic E-state index is -0.561. The fourth-order valence-corrected chi connectivity index (χ4v) is 3.00. The first-order valence-electron chi connectivity index (χ1n) is 8.40. The molecule has 3 rings (SSSR count). The number of rotatable bonds is 8. The maximum Gasteiger partial charge on any atom is 0.306 e. The van der Waals surface area contributed by atoms with Crippen LogP contribution >= 0.6 is 11.3 Å². The molecule has 28 heavy (non-hydrogen) atoms. The molecule has 3 aromatic rings. The number of benzene rings is 1. The third-order valence-corrected chi connectivity index (χ3v) is 4.43. The second-order valence-electron chi connectivity index (χ2n) is 5.66. The number of aromatic nitrogens is 2. The Morgan fingerprint density at radius 2 is 2.07 bits per heavy atom. The van der Waals surface area contributed by atoms with Crippen molar-refractivity contribution in [2.75, 3.05) is 18.1 Å². The lowest BCUT2D eigenvalue weighted by atomic mass is 10.3. The average Bonchev–Trinajstić information content (AvgIpc) is 3.41. The zero-order valence-electron chi connectivity index (χ0n) is 14.8. The number of nitriles is 1. The lowest BCUT2D eigenvalue weighted by Gasteiger charge is -2.19. The summed E-state index contributed by atoms with van der Waals surface area (Å²) in [7, 11) is 0. The molecule has 9 heteroatoms. The van der Waals surface area contributed by atoms with Gasteiger partial charge in [-0.2, -0.15) is 21.6 Å². The standard InChI is InChI=1S/C19H16N4O4S/c20-9-10-23(15-4-2-1-3-5-15)17(24)12-26-18(25)7-6-16-21-19(22-27-16)14-8-11-28-13-14/h1-5,8,11,13H,6-7,10,12H2. The Labute approximate surface area is 165 Å². The van der Waals surface area contributed by atoms with Gasteiger partial charge in [-0.15, -0.1) is 0 Å². The second kappa shape index (κ2) is 9.43. The first-order chi connectivity index (χ1) is 13.7. The van der Waals surface area contributed by atoms with Crippen molar-refractivity contribution >= 4 is 28.9 Å². The lowest BCUT2D eigenvalue weighted by molar-refractivity contribution is -0.147. The normalized spacial score (nSPS) is 10.2.